The van der Waals surface area contributed by atoms with Crippen molar-refractivity contribution in [3.05, 3.63) is 23.3 Å². The molecule has 1 N–H and O–H groups in total. The number of hydrogen-bond donors (Lipinski definition) is 1. The molecule has 0 unspecified atom stereocenters. The average molecular weight is 249 g/mol. The fourth-order valence-electron chi connectivity index (χ4n) is 2.59. The van der Waals surface area contributed by atoms with Gasteiger partial charge < -0.3 is 5.32 Å². The van der Waals surface area contributed by atoms with Crippen LogP contribution < -0.4 is 5.32 Å². The Morgan fingerprint density at radius 2 is 2.12 bits per heavy atom. The van der Waals surface area contributed by atoms with E-state index in [0.29, 0.717) is 0 Å². The molecule has 0 amide bonds. The molecule has 1 fully saturated rings. The molecule has 1 saturated carbocycles. The van der Waals surface area contributed by atoms with Gasteiger partial charge in [0.2, 0.25) is 0 Å². The minimum Gasteiger partial charge on any atom is -0.307 e. The Morgan fingerprint density at radius 1 is 1.24 bits per heavy atom. The minimum atomic E-state index is 0.846. The van der Waals surface area contributed by atoms with E-state index in [9.17, 15) is 0 Å². The van der Waals surface area contributed by atoms with E-state index < -0.39 is 0 Å². The lowest BCUT2D eigenvalue weighted by atomic mass is 10.0. The lowest BCUT2D eigenvalue weighted by Crippen LogP contribution is -2.09. The van der Waals surface area contributed by atoms with Crippen LogP contribution in [0.15, 0.2) is 6.20 Å². The number of nitrogens with one attached hydrogen (secondary N) is 1. The Hall–Kier alpha value is -0.610. The Labute approximate surface area is 107 Å². The van der Waals surface area contributed by atoms with Crippen LogP contribution in [0.2, 0.25) is 0 Å². The minimum absolute atomic E-state index is 0.846. The SMILES string of the molecule is c1nc(CSC2CCCCC2)nc2c1CNC2. The van der Waals surface area contributed by atoms with Crippen molar-refractivity contribution in [2.24, 2.45) is 0 Å². The maximum Gasteiger partial charge on any atom is 0.138 e. The largest absolute Gasteiger partial charge is 0.307 e. The topological polar surface area (TPSA) is 37.8 Å². The van der Waals surface area contributed by atoms with E-state index in [2.05, 4.69) is 27.0 Å². The summed E-state index contributed by atoms with van der Waals surface area (Å²) in [7, 11) is 0. The summed E-state index contributed by atoms with van der Waals surface area (Å²) >= 11 is 2.05. The molecule has 1 aliphatic carbocycles. The number of hydrogen-bond acceptors (Lipinski definition) is 4. The highest BCUT2D eigenvalue weighted by atomic mass is 32.2. The smallest absolute Gasteiger partial charge is 0.138 e. The van der Waals surface area contributed by atoms with Crippen LogP contribution in [0.5, 0.6) is 0 Å². The average Bonchev–Trinajstić information content (AvgIpc) is 2.85. The summed E-state index contributed by atoms with van der Waals surface area (Å²) < 4.78 is 0. The van der Waals surface area contributed by atoms with Crippen molar-refractivity contribution in [1.29, 1.82) is 0 Å². The Kier molecular flexibility index (Phi) is 3.62. The maximum absolute atomic E-state index is 4.64. The molecule has 2 heterocycles. The zero-order valence-electron chi connectivity index (χ0n) is 10.1. The summed E-state index contributed by atoms with van der Waals surface area (Å²) in [5.74, 6) is 2.00. The van der Waals surface area contributed by atoms with Crippen molar-refractivity contribution in [2.75, 3.05) is 0 Å². The van der Waals surface area contributed by atoms with Gasteiger partial charge in [-0.3, -0.25) is 0 Å². The zero-order valence-corrected chi connectivity index (χ0v) is 10.9. The van der Waals surface area contributed by atoms with Crippen molar-refractivity contribution in [2.45, 2.75) is 56.2 Å². The van der Waals surface area contributed by atoms with E-state index in [1.54, 1.807) is 0 Å². The first-order valence-corrected chi connectivity index (χ1v) is 7.63. The third kappa shape index (κ3) is 2.80. The lowest BCUT2D eigenvalue weighted by molar-refractivity contribution is 0.516. The van der Waals surface area contributed by atoms with Crippen LogP contribution in [0.3, 0.4) is 0 Å². The predicted octanol–water partition coefficient (Wildman–Crippen LogP) is 2.65. The molecular formula is C13H19N3S. The van der Waals surface area contributed by atoms with E-state index in [1.165, 1.54) is 43.4 Å². The van der Waals surface area contributed by atoms with Gasteiger partial charge in [0.25, 0.3) is 0 Å². The van der Waals surface area contributed by atoms with Crippen LogP contribution in [0.4, 0.5) is 0 Å². The zero-order chi connectivity index (χ0) is 11.5. The molecule has 0 saturated heterocycles. The fourth-order valence-corrected chi connectivity index (χ4v) is 3.78. The molecule has 0 bridgehead atoms. The van der Waals surface area contributed by atoms with Crippen molar-refractivity contribution < 1.29 is 0 Å². The number of aromatic nitrogens is 2. The summed E-state index contributed by atoms with van der Waals surface area (Å²) in [4.78, 5) is 9.11. The van der Waals surface area contributed by atoms with Crippen molar-refractivity contribution in [3.63, 3.8) is 0 Å². The van der Waals surface area contributed by atoms with Crippen LogP contribution in [0.25, 0.3) is 0 Å². The number of thioether (sulfide) groups is 1. The van der Waals surface area contributed by atoms with Crippen LogP contribution in [-0.2, 0) is 18.8 Å². The highest BCUT2D eigenvalue weighted by Gasteiger charge is 2.16. The van der Waals surface area contributed by atoms with Crippen molar-refractivity contribution in [3.8, 4) is 0 Å². The third-order valence-electron chi connectivity index (χ3n) is 3.61. The molecule has 3 nitrogen and oxygen atoms in total. The van der Waals surface area contributed by atoms with Gasteiger partial charge in [0.05, 0.1) is 11.4 Å². The Morgan fingerprint density at radius 3 is 3.00 bits per heavy atom. The van der Waals surface area contributed by atoms with Crippen LogP contribution in [0, 0.1) is 0 Å². The van der Waals surface area contributed by atoms with E-state index in [4.69, 9.17) is 0 Å². The van der Waals surface area contributed by atoms with Gasteiger partial charge in [-0.25, -0.2) is 9.97 Å². The molecular weight excluding hydrogens is 230 g/mol. The van der Waals surface area contributed by atoms with E-state index in [1.807, 2.05) is 6.20 Å². The molecule has 3 rings (SSSR count). The number of nitrogens with zero attached hydrogens (tertiary/aromatic N) is 2. The monoisotopic (exact) mass is 249 g/mol. The molecule has 4 heteroatoms. The van der Waals surface area contributed by atoms with Crippen LogP contribution >= 0.6 is 11.8 Å². The summed E-state index contributed by atoms with van der Waals surface area (Å²) in [5.41, 5.74) is 2.48. The van der Waals surface area contributed by atoms with E-state index in [0.717, 1.165) is 29.9 Å². The summed E-state index contributed by atoms with van der Waals surface area (Å²) in [6.45, 7) is 1.85. The molecule has 92 valence electrons. The highest BCUT2D eigenvalue weighted by Crippen LogP contribution is 2.29. The maximum atomic E-state index is 4.64. The predicted molar refractivity (Wildman–Crippen MR) is 70.7 cm³/mol. The van der Waals surface area contributed by atoms with E-state index >= 15 is 0 Å². The van der Waals surface area contributed by atoms with Crippen molar-refractivity contribution >= 4 is 11.8 Å². The molecule has 0 aromatic carbocycles. The standard InChI is InChI=1S/C13H19N3S/c1-2-4-11(5-3-1)17-9-13-15-7-10-6-14-8-12(10)16-13/h7,11,14H,1-6,8-9H2. The molecule has 17 heavy (non-hydrogen) atoms. The van der Waals surface area contributed by atoms with Gasteiger partial charge >= 0.3 is 0 Å². The van der Waals surface area contributed by atoms with E-state index in [-0.39, 0.29) is 0 Å². The summed E-state index contributed by atoms with van der Waals surface area (Å²) in [5, 5.41) is 4.16. The van der Waals surface area contributed by atoms with Crippen LogP contribution in [-0.4, -0.2) is 15.2 Å². The molecule has 1 aromatic rings. The van der Waals surface area contributed by atoms with Gasteiger partial charge in [0.15, 0.2) is 0 Å². The van der Waals surface area contributed by atoms with Gasteiger partial charge in [0, 0.05) is 30.1 Å². The second kappa shape index (κ2) is 5.36. The molecule has 0 atom stereocenters. The molecule has 1 aromatic heterocycles. The van der Waals surface area contributed by atoms with Gasteiger partial charge in [-0.2, -0.15) is 11.8 Å². The molecule has 2 aliphatic rings. The van der Waals surface area contributed by atoms with Crippen LogP contribution in [0.1, 0.15) is 49.2 Å². The second-order valence-corrected chi connectivity index (χ2v) is 6.22. The molecule has 1 aliphatic heterocycles. The third-order valence-corrected chi connectivity index (χ3v) is 4.98. The molecule has 0 spiro atoms. The van der Waals surface area contributed by atoms with Crippen molar-refractivity contribution in [1.82, 2.24) is 15.3 Å². The van der Waals surface area contributed by atoms with Gasteiger partial charge in [-0.05, 0) is 12.8 Å². The number of fused-ring (bicyclic) bond motifs is 1. The van der Waals surface area contributed by atoms with Gasteiger partial charge in [-0.1, -0.05) is 19.3 Å². The van der Waals surface area contributed by atoms with Gasteiger partial charge in [-0.15, -0.1) is 0 Å². The fraction of sp³-hybridized carbons (Fsp3) is 0.692. The Bertz CT molecular complexity index is 388. The molecule has 0 radical (unpaired) electrons. The normalized spacial score (nSPS) is 20.5. The first-order chi connectivity index (χ1) is 8.42. The van der Waals surface area contributed by atoms with Gasteiger partial charge in [0.1, 0.15) is 5.82 Å². The summed E-state index contributed by atoms with van der Waals surface area (Å²) in [6.07, 6.45) is 9.02. The highest BCUT2D eigenvalue weighted by molar-refractivity contribution is 7.99. The lowest BCUT2D eigenvalue weighted by Gasteiger charge is -2.20. The number of rotatable bonds is 3. The summed E-state index contributed by atoms with van der Waals surface area (Å²) in [6, 6.07) is 0. The second-order valence-electron chi connectivity index (χ2n) is 4.93. The Balaban J connectivity index is 1.57. The quantitative estimate of drug-likeness (QED) is 0.893. The first-order valence-electron chi connectivity index (χ1n) is 6.58. The first kappa shape index (κ1) is 11.5.